The fourth-order valence-electron chi connectivity index (χ4n) is 11.4. The molecule has 50 heavy (non-hydrogen) atoms. The number of ether oxygens (including phenoxy) is 1. The number of esters is 1. The molecular formula is C48H82O2. The van der Waals surface area contributed by atoms with Crippen LogP contribution in [0, 0.1) is 52.3 Å². The fourth-order valence-corrected chi connectivity index (χ4v) is 11.4. The molecule has 0 spiro atoms. The van der Waals surface area contributed by atoms with E-state index in [2.05, 4.69) is 78.8 Å². The molecule has 0 bridgehead atoms. The van der Waals surface area contributed by atoms with Crippen LogP contribution in [0.15, 0.2) is 36.0 Å². The summed E-state index contributed by atoms with van der Waals surface area (Å²) in [6.07, 6.45) is 42.0. The Kier molecular flexibility index (Phi) is 17.2. The van der Waals surface area contributed by atoms with E-state index in [9.17, 15) is 4.79 Å². The first-order valence-corrected chi connectivity index (χ1v) is 22.3. The van der Waals surface area contributed by atoms with Crippen molar-refractivity contribution in [1.29, 1.82) is 0 Å². The van der Waals surface area contributed by atoms with Crippen molar-refractivity contribution in [3.8, 4) is 0 Å². The van der Waals surface area contributed by atoms with Crippen LogP contribution in [0.2, 0.25) is 0 Å². The Morgan fingerprint density at radius 3 is 2.18 bits per heavy atom. The van der Waals surface area contributed by atoms with E-state index in [0.717, 1.165) is 73.5 Å². The summed E-state index contributed by atoms with van der Waals surface area (Å²) in [7, 11) is 0. The number of carbonyl (C=O) groups excluding carboxylic acids is 1. The minimum atomic E-state index is 0.0535. The Bertz CT molecular complexity index is 1080. The van der Waals surface area contributed by atoms with Gasteiger partial charge in [-0.1, -0.05) is 142 Å². The van der Waals surface area contributed by atoms with Crippen LogP contribution in [0.5, 0.6) is 0 Å². The summed E-state index contributed by atoms with van der Waals surface area (Å²) in [5, 5.41) is 0. The Labute approximate surface area is 311 Å². The maximum atomic E-state index is 12.9. The van der Waals surface area contributed by atoms with Crippen LogP contribution in [-0.4, -0.2) is 12.1 Å². The smallest absolute Gasteiger partial charge is 0.306 e. The molecular weight excluding hydrogens is 609 g/mol. The number of rotatable bonds is 22. The predicted octanol–water partition coefficient (Wildman–Crippen LogP) is 14.8. The summed E-state index contributed by atoms with van der Waals surface area (Å²) in [5.74, 6) is 6.07. The van der Waals surface area contributed by atoms with Crippen LogP contribution in [0.4, 0.5) is 0 Å². The topological polar surface area (TPSA) is 26.3 Å². The summed E-state index contributed by atoms with van der Waals surface area (Å²) < 4.78 is 6.14. The van der Waals surface area contributed by atoms with Crippen molar-refractivity contribution in [2.45, 2.75) is 209 Å². The van der Waals surface area contributed by atoms with Gasteiger partial charge in [0.1, 0.15) is 6.10 Å². The molecule has 0 amide bonds. The third-order valence-electron chi connectivity index (χ3n) is 15.2. The number of hydrogen-bond donors (Lipinski definition) is 0. The Morgan fingerprint density at radius 1 is 0.800 bits per heavy atom. The van der Waals surface area contributed by atoms with Gasteiger partial charge in [0.25, 0.3) is 0 Å². The first-order valence-electron chi connectivity index (χ1n) is 22.3. The highest BCUT2D eigenvalue weighted by molar-refractivity contribution is 5.69. The molecule has 4 rings (SSSR count). The van der Waals surface area contributed by atoms with Crippen molar-refractivity contribution >= 4 is 5.97 Å². The van der Waals surface area contributed by atoms with Gasteiger partial charge in [0, 0.05) is 12.8 Å². The van der Waals surface area contributed by atoms with Gasteiger partial charge < -0.3 is 4.74 Å². The molecule has 0 aliphatic heterocycles. The summed E-state index contributed by atoms with van der Waals surface area (Å²) in [5.41, 5.74) is 2.50. The van der Waals surface area contributed by atoms with Crippen molar-refractivity contribution in [3.05, 3.63) is 36.0 Å². The molecule has 0 saturated heterocycles. The van der Waals surface area contributed by atoms with Crippen molar-refractivity contribution < 1.29 is 9.53 Å². The zero-order valence-electron chi connectivity index (χ0n) is 34.3. The third kappa shape index (κ3) is 11.3. The number of unbranched alkanes of at least 4 members (excludes halogenated alkanes) is 10. The predicted molar refractivity (Wildman–Crippen MR) is 216 cm³/mol. The number of fused-ring (bicyclic) bond motifs is 5. The van der Waals surface area contributed by atoms with E-state index >= 15 is 0 Å². The van der Waals surface area contributed by atoms with Crippen molar-refractivity contribution in [2.24, 2.45) is 52.3 Å². The molecule has 9 unspecified atom stereocenters. The Balaban J connectivity index is 1.10. The number of hydrogen-bond acceptors (Lipinski definition) is 2. The zero-order valence-corrected chi connectivity index (χ0v) is 34.3. The van der Waals surface area contributed by atoms with Crippen LogP contribution in [0.25, 0.3) is 0 Å². The highest BCUT2D eigenvalue weighted by Crippen LogP contribution is 2.67. The number of allylic oxidation sites excluding steroid dienone is 5. The summed E-state index contributed by atoms with van der Waals surface area (Å²) in [4.78, 5) is 12.9. The molecule has 4 aliphatic carbocycles. The normalized spacial score (nSPS) is 32.2. The van der Waals surface area contributed by atoms with Gasteiger partial charge in [0.05, 0.1) is 0 Å². The molecule has 0 heterocycles. The lowest BCUT2D eigenvalue weighted by Crippen LogP contribution is -2.51. The quantitative estimate of drug-likeness (QED) is 0.0642. The average molecular weight is 691 g/mol. The average Bonchev–Trinajstić information content (AvgIpc) is 3.45. The van der Waals surface area contributed by atoms with Crippen LogP contribution >= 0.6 is 0 Å². The summed E-state index contributed by atoms with van der Waals surface area (Å²) >= 11 is 0. The van der Waals surface area contributed by atoms with E-state index in [0.29, 0.717) is 17.3 Å². The maximum Gasteiger partial charge on any atom is 0.306 e. The lowest BCUT2D eigenvalue weighted by molar-refractivity contribution is -0.151. The first kappa shape index (κ1) is 41.4. The molecule has 2 heteroatoms. The van der Waals surface area contributed by atoms with E-state index in [1.165, 1.54) is 116 Å². The maximum absolute atomic E-state index is 12.9. The van der Waals surface area contributed by atoms with Gasteiger partial charge in [-0.3, -0.25) is 4.79 Å². The van der Waals surface area contributed by atoms with Crippen LogP contribution in [-0.2, 0) is 9.53 Å². The van der Waals surface area contributed by atoms with Gasteiger partial charge in [0.15, 0.2) is 0 Å². The van der Waals surface area contributed by atoms with Crippen LogP contribution in [0.3, 0.4) is 0 Å². The lowest BCUT2D eigenvalue weighted by Gasteiger charge is -2.58. The third-order valence-corrected chi connectivity index (χ3v) is 15.2. The SMILES string of the molecule is CCCCC/C=C\C/C=C\CCCCCCCCCC(=O)OC1CCC2(C)C(=CCC3C2CCC2(C)C(C(C)CCC(C)C(C)C)CCC32)C1. The molecule has 9 atom stereocenters. The molecule has 0 aromatic heterocycles. The molecule has 0 aromatic rings. The molecule has 3 fully saturated rings. The van der Waals surface area contributed by atoms with Gasteiger partial charge in [-0.25, -0.2) is 0 Å². The second kappa shape index (κ2) is 20.8. The standard InChI is InChI=1S/C48H82O2/c1-8-9-10-11-12-13-14-15-16-17-18-19-20-21-22-23-24-25-46(49)50-41-32-34-47(6)40(36-41)28-29-42-44-31-30-43(48(44,7)35-33-45(42)47)39(5)27-26-38(4)37(2)3/h12-13,15-16,28,37-39,41-45H,8-11,14,17-27,29-36H2,1-7H3/b13-12-,16-15-. The van der Waals surface area contributed by atoms with E-state index in [-0.39, 0.29) is 12.1 Å². The summed E-state index contributed by atoms with van der Waals surface area (Å²) in [6.45, 7) is 17.4. The number of carbonyl (C=O) groups is 1. The highest BCUT2D eigenvalue weighted by atomic mass is 16.5. The lowest BCUT2D eigenvalue weighted by atomic mass is 9.47. The molecule has 0 aromatic carbocycles. The van der Waals surface area contributed by atoms with Crippen molar-refractivity contribution in [1.82, 2.24) is 0 Å². The zero-order chi connectivity index (χ0) is 36.0. The van der Waals surface area contributed by atoms with Crippen molar-refractivity contribution in [2.75, 3.05) is 0 Å². The van der Waals surface area contributed by atoms with E-state index < -0.39 is 0 Å². The Hall–Kier alpha value is -1.31. The van der Waals surface area contributed by atoms with Gasteiger partial charge in [-0.2, -0.15) is 0 Å². The minimum absolute atomic E-state index is 0.0535. The molecule has 3 saturated carbocycles. The second-order valence-electron chi connectivity index (χ2n) is 18.8. The van der Waals surface area contributed by atoms with Crippen molar-refractivity contribution in [3.63, 3.8) is 0 Å². The van der Waals surface area contributed by atoms with Gasteiger partial charge in [-0.15, -0.1) is 0 Å². The molecule has 0 radical (unpaired) electrons. The first-order chi connectivity index (χ1) is 24.1. The van der Waals surface area contributed by atoms with E-state index in [1.807, 2.05) is 0 Å². The second-order valence-corrected chi connectivity index (χ2v) is 18.8. The Morgan fingerprint density at radius 2 is 1.48 bits per heavy atom. The highest BCUT2D eigenvalue weighted by Gasteiger charge is 2.59. The van der Waals surface area contributed by atoms with E-state index in [1.54, 1.807) is 5.57 Å². The molecule has 4 aliphatic rings. The van der Waals surface area contributed by atoms with Gasteiger partial charge in [0.2, 0.25) is 0 Å². The summed E-state index contributed by atoms with van der Waals surface area (Å²) in [6, 6.07) is 0. The van der Waals surface area contributed by atoms with E-state index in [4.69, 9.17) is 4.74 Å². The minimum Gasteiger partial charge on any atom is -0.462 e. The fraction of sp³-hybridized carbons (Fsp3) is 0.854. The molecule has 2 nitrogen and oxygen atoms in total. The monoisotopic (exact) mass is 691 g/mol. The van der Waals surface area contributed by atoms with Gasteiger partial charge in [-0.05, 0) is 136 Å². The largest absolute Gasteiger partial charge is 0.462 e. The van der Waals surface area contributed by atoms with Gasteiger partial charge >= 0.3 is 5.97 Å². The molecule has 0 N–H and O–H groups in total. The molecule has 286 valence electrons. The van der Waals surface area contributed by atoms with Crippen LogP contribution < -0.4 is 0 Å². The van der Waals surface area contributed by atoms with Crippen LogP contribution in [0.1, 0.15) is 203 Å².